The summed E-state index contributed by atoms with van der Waals surface area (Å²) in [7, 11) is 0. The van der Waals surface area contributed by atoms with Gasteiger partial charge in [0.1, 0.15) is 0 Å². The molecule has 0 saturated carbocycles. The maximum atomic E-state index is 5.31. The fourth-order valence-electron chi connectivity index (χ4n) is 6.14. The third-order valence-corrected chi connectivity index (χ3v) is 8.21. The molecule has 0 N–H and O–H groups in total. The Kier molecular flexibility index (Phi) is 25.6. The van der Waals surface area contributed by atoms with Gasteiger partial charge in [0, 0.05) is 0 Å². The van der Waals surface area contributed by atoms with Crippen LogP contribution in [-0.4, -0.2) is 10.9 Å². The minimum absolute atomic E-state index is 0. The molecule has 4 aromatic heterocycles. The Bertz CT molecular complexity index is 1810. The predicted octanol–water partition coefficient (Wildman–Crippen LogP) is 7.83. The predicted molar refractivity (Wildman–Crippen MR) is 228 cm³/mol. The van der Waals surface area contributed by atoms with E-state index in [1.807, 2.05) is 48.5 Å². The maximum absolute atomic E-state index is 5.31. The van der Waals surface area contributed by atoms with Crippen molar-refractivity contribution < 1.29 is 89.2 Å². The topological polar surface area (TPSA) is 52.6 Å². The molecule has 4 nitrogen and oxygen atoms in total. The number of halogens is 2. The third kappa shape index (κ3) is 18.6. The quantitative estimate of drug-likeness (QED) is 0.155. The molecular formula is C48H56Cl2O4Si2Zr2-2. The molecule has 0 fully saturated rings. The summed E-state index contributed by atoms with van der Waals surface area (Å²) in [6.45, 7) is 26.0. The van der Waals surface area contributed by atoms with Crippen LogP contribution in [0.2, 0.25) is 26.2 Å². The summed E-state index contributed by atoms with van der Waals surface area (Å²) < 4.78 is 21.2. The van der Waals surface area contributed by atoms with E-state index in [2.05, 4.69) is 130 Å². The van der Waals surface area contributed by atoms with E-state index in [4.69, 9.17) is 17.7 Å². The van der Waals surface area contributed by atoms with Crippen LogP contribution in [0.1, 0.15) is 78.4 Å². The second-order valence-electron chi connectivity index (χ2n) is 14.5. The summed E-state index contributed by atoms with van der Waals surface area (Å²) in [5.41, 5.74) is 9.94. The first-order valence-corrected chi connectivity index (χ1v) is 31.4. The fourth-order valence-corrected chi connectivity index (χ4v) is 6.14. The van der Waals surface area contributed by atoms with Crippen molar-refractivity contribution in [3.8, 4) is 0 Å². The van der Waals surface area contributed by atoms with Crippen molar-refractivity contribution in [1.29, 1.82) is 0 Å². The molecule has 4 atom stereocenters. The molecule has 304 valence electrons. The summed E-state index contributed by atoms with van der Waals surface area (Å²) >= 11 is 3.48. The zero-order chi connectivity index (χ0) is 41.4. The van der Waals surface area contributed by atoms with Gasteiger partial charge < -0.3 is 42.5 Å². The van der Waals surface area contributed by atoms with Crippen molar-refractivity contribution in [1.82, 2.24) is 0 Å². The Hall–Kier alpha value is -2.18. The van der Waals surface area contributed by atoms with Gasteiger partial charge in [-0.1, -0.05) is 79.1 Å². The molecular weight excluding hydrogens is 950 g/mol. The van der Waals surface area contributed by atoms with Crippen LogP contribution in [0.15, 0.2) is 138 Å². The van der Waals surface area contributed by atoms with Gasteiger partial charge in [-0.15, -0.1) is 22.3 Å². The van der Waals surface area contributed by atoms with Gasteiger partial charge in [0.2, 0.25) is 0 Å². The first-order chi connectivity index (χ1) is 26.5. The summed E-state index contributed by atoms with van der Waals surface area (Å²) in [5.74, 6) is 5.48. The molecule has 4 aliphatic carbocycles. The Morgan fingerprint density at radius 1 is 0.414 bits per heavy atom. The molecule has 58 heavy (non-hydrogen) atoms. The zero-order valence-corrected chi connectivity index (χ0v) is 44.4. The second-order valence-corrected chi connectivity index (χ2v) is 33.2. The van der Waals surface area contributed by atoms with Gasteiger partial charge in [-0.25, -0.2) is 22.3 Å². The molecule has 0 radical (unpaired) electrons. The van der Waals surface area contributed by atoms with Gasteiger partial charge in [0.25, 0.3) is 0 Å². The van der Waals surface area contributed by atoms with E-state index < -0.39 is 0 Å². The fraction of sp³-hybridized carbons (Fsp3) is 0.333. The van der Waals surface area contributed by atoms with Gasteiger partial charge in [-0.05, 0) is 48.5 Å². The van der Waals surface area contributed by atoms with E-state index in [0.29, 0.717) is 23.7 Å². The van der Waals surface area contributed by atoms with Gasteiger partial charge in [-0.3, -0.25) is 24.3 Å². The van der Waals surface area contributed by atoms with Gasteiger partial charge in [-0.2, -0.15) is 24.3 Å². The number of furan rings is 4. The van der Waals surface area contributed by atoms with Crippen LogP contribution < -0.4 is 24.8 Å². The van der Waals surface area contributed by atoms with E-state index in [1.165, 1.54) is 44.6 Å². The molecule has 4 aliphatic rings. The number of hydrogen-bond donors (Lipinski definition) is 0. The molecule has 0 aliphatic heterocycles. The van der Waals surface area contributed by atoms with Crippen LogP contribution in [0.3, 0.4) is 0 Å². The van der Waals surface area contributed by atoms with Gasteiger partial charge in [0.15, 0.2) is 0 Å². The van der Waals surface area contributed by atoms with E-state index in [0.717, 1.165) is 23.0 Å². The van der Waals surface area contributed by atoms with Crippen molar-refractivity contribution in [2.45, 2.75) is 81.6 Å². The number of hydrogen-bond acceptors (Lipinski definition) is 4. The van der Waals surface area contributed by atoms with Crippen molar-refractivity contribution >= 4 is 33.2 Å². The smallest absolute Gasteiger partial charge is 1.00 e. The Balaban J connectivity index is 0.000000360. The largest absolute Gasteiger partial charge is 1.00 e. The first-order valence-electron chi connectivity index (χ1n) is 19.0. The SMILES string of the molecule is CC1=[C-]C(C)C=C1c1ccco1.CC1=[C-]C(C)C=C1c1ccco1.CC1=[C-]C(C)C=C1c1ccco1.CC1=[C-]C(C)C=C1c1ccco1.C[Si](C)=[Zr+2].C[Si](C)=[Zr+2].[Cl-].[Cl-]. The summed E-state index contributed by atoms with van der Waals surface area (Å²) in [6, 6.07) is 15.6. The van der Waals surface area contributed by atoms with E-state index in [-0.39, 0.29) is 35.7 Å². The van der Waals surface area contributed by atoms with Crippen molar-refractivity contribution in [3.05, 3.63) is 168 Å². The molecule has 4 aromatic rings. The summed E-state index contributed by atoms with van der Waals surface area (Å²) in [5, 5.41) is 0. The molecule has 8 rings (SSSR count). The molecule has 0 aromatic carbocycles. The third-order valence-electron chi connectivity index (χ3n) is 8.21. The Morgan fingerprint density at radius 2 is 0.586 bits per heavy atom. The van der Waals surface area contributed by atoms with Crippen LogP contribution in [-0.2, 0) is 46.7 Å². The number of allylic oxidation sites excluding steroid dienone is 16. The van der Waals surface area contributed by atoms with Gasteiger partial charge >= 0.3 is 83.7 Å². The van der Waals surface area contributed by atoms with Crippen LogP contribution in [0.4, 0.5) is 0 Å². The summed E-state index contributed by atoms with van der Waals surface area (Å²) in [4.78, 5) is 0. The van der Waals surface area contributed by atoms with Crippen LogP contribution in [0.5, 0.6) is 0 Å². The molecule has 0 bridgehead atoms. The second kappa shape index (κ2) is 27.6. The molecule has 0 saturated heterocycles. The molecule has 0 spiro atoms. The van der Waals surface area contributed by atoms with Crippen molar-refractivity contribution in [3.63, 3.8) is 0 Å². The van der Waals surface area contributed by atoms with Gasteiger partial charge in [0.05, 0.1) is 48.1 Å². The van der Waals surface area contributed by atoms with Crippen molar-refractivity contribution in [2.75, 3.05) is 0 Å². The van der Waals surface area contributed by atoms with Crippen LogP contribution >= 0.6 is 0 Å². The van der Waals surface area contributed by atoms with E-state index in [9.17, 15) is 0 Å². The Morgan fingerprint density at radius 3 is 0.690 bits per heavy atom. The van der Waals surface area contributed by atoms with E-state index in [1.54, 1.807) is 71.7 Å². The standard InChI is InChI=1S/4C11H11O.2C2H6Si.2ClH.2Zr/c4*1-8-6-9(2)10(7-8)11-4-3-5-12-11;2*1-3-2;;;;/h4*3-5,7-8H,1-2H3;2*1-2H3;2*1H;;/q4*-1;;;;;2*+2/p-2. The maximum Gasteiger partial charge on any atom is -1.00 e. The molecule has 4 unspecified atom stereocenters. The van der Waals surface area contributed by atoms with Crippen molar-refractivity contribution in [2.24, 2.45) is 23.7 Å². The summed E-state index contributed by atoms with van der Waals surface area (Å²) in [6.07, 6.45) is 28.8. The normalized spacial score (nSPS) is 19.4. The molecule has 4 heterocycles. The zero-order valence-electron chi connectivity index (χ0n) is 35.9. The minimum Gasteiger partial charge on any atom is -1.00 e. The first kappa shape index (κ1) is 53.8. The average Bonchev–Trinajstić information content (AvgIpc) is 3.95. The van der Waals surface area contributed by atoms with Crippen LogP contribution in [0.25, 0.3) is 22.3 Å². The molecule has 0 amide bonds. The average molecular weight is 1010 g/mol. The minimum atomic E-state index is 0. The monoisotopic (exact) mass is 1000 g/mol. The van der Waals surface area contributed by atoms with Crippen LogP contribution in [0, 0.1) is 48.0 Å². The number of rotatable bonds is 4. The van der Waals surface area contributed by atoms with E-state index >= 15 is 0 Å². The molecule has 10 heteroatoms. The Labute approximate surface area is 391 Å².